The Kier molecular flexibility index (Phi) is 5.96. The van der Waals surface area contributed by atoms with Crippen molar-refractivity contribution in [2.45, 2.75) is 52.9 Å². The van der Waals surface area contributed by atoms with Gasteiger partial charge in [-0.25, -0.2) is 0 Å². The van der Waals surface area contributed by atoms with Crippen LogP contribution in [0, 0.1) is 22.5 Å². The molecule has 1 unspecified atom stereocenters. The van der Waals surface area contributed by atoms with E-state index in [-0.39, 0.29) is 11.1 Å². The Bertz CT molecular complexity index is 1270. The second-order valence-corrected chi connectivity index (χ2v) is 12.7. The molecule has 0 amide bonds. The van der Waals surface area contributed by atoms with Gasteiger partial charge in [0.2, 0.25) is 0 Å². The lowest BCUT2D eigenvalue weighted by Gasteiger charge is -2.41. The number of likely N-dealkylation sites (tertiary alicyclic amines) is 1. The summed E-state index contributed by atoms with van der Waals surface area (Å²) in [5, 5.41) is 20.5. The van der Waals surface area contributed by atoms with Crippen LogP contribution in [0.1, 0.15) is 51.5 Å². The van der Waals surface area contributed by atoms with Crippen LogP contribution in [0.4, 0.5) is 17.1 Å². The zero-order chi connectivity index (χ0) is 24.8. The summed E-state index contributed by atoms with van der Waals surface area (Å²) >= 11 is 0. The molecule has 0 bridgehead atoms. The van der Waals surface area contributed by atoms with Crippen LogP contribution in [0.2, 0.25) is 0 Å². The van der Waals surface area contributed by atoms with E-state index >= 15 is 4.57 Å². The number of fused-ring (bicyclic) bond motifs is 1. The molecule has 0 spiro atoms. The zero-order valence-electron chi connectivity index (χ0n) is 20.5. The van der Waals surface area contributed by atoms with Gasteiger partial charge in [-0.3, -0.25) is 14.7 Å². The monoisotopic (exact) mass is 493 g/mol. The van der Waals surface area contributed by atoms with E-state index in [1.54, 1.807) is 10.8 Å². The summed E-state index contributed by atoms with van der Waals surface area (Å²) in [6.45, 7) is 8.24. The van der Waals surface area contributed by atoms with Gasteiger partial charge < -0.3 is 9.99 Å². The largest absolute Gasteiger partial charge is 0.374 e. The molecule has 0 aromatic heterocycles. The Morgan fingerprint density at radius 2 is 1.77 bits per heavy atom. The highest BCUT2D eigenvalue weighted by atomic mass is 31.2. The minimum absolute atomic E-state index is 0.00586. The fourth-order valence-corrected chi connectivity index (χ4v) is 8.03. The molecule has 1 saturated heterocycles. The van der Waals surface area contributed by atoms with Crippen LogP contribution in [0.15, 0.2) is 64.6 Å². The number of nitro benzene ring substituents is 1. The smallest absolute Gasteiger partial charge is 0.313 e. The number of nitrogens with one attached hydrogen (secondary N) is 1. The van der Waals surface area contributed by atoms with Crippen molar-refractivity contribution < 1.29 is 9.49 Å². The quantitative estimate of drug-likeness (QED) is 0.277. The molecule has 2 aromatic carbocycles. The Morgan fingerprint density at radius 3 is 2.46 bits per heavy atom. The molecule has 2 aliphatic heterocycles. The fourth-order valence-electron chi connectivity index (χ4n) is 5.33. The van der Waals surface area contributed by atoms with E-state index < -0.39 is 12.4 Å². The van der Waals surface area contributed by atoms with Crippen LogP contribution in [0.3, 0.4) is 0 Å². The first-order valence-electron chi connectivity index (χ1n) is 12.2. The Hall–Kier alpha value is -3.12. The number of hydrazone groups is 1. The average Bonchev–Trinajstić information content (AvgIpc) is 3.11. The highest BCUT2D eigenvalue weighted by Gasteiger charge is 2.51. The molecular formula is C26H32N5O3P. The first-order chi connectivity index (χ1) is 16.7. The van der Waals surface area contributed by atoms with Crippen molar-refractivity contribution >= 4 is 30.2 Å². The van der Waals surface area contributed by atoms with Crippen LogP contribution in [-0.4, -0.2) is 28.6 Å². The zero-order valence-corrected chi connectivity index (χ0v) is 21.4. The van der Waals surface area contributed by atoms with Gasteiger partial charge in [0.05, 0.1) is 27.3 Å². The van der Waals surface area contributed by atoms with Gasteiger partial charge in [-0.15, -0.1) is 0 Å². The molecule has 35 heavy (non-hydrogen) atoms. The van der Waals surface area contributed by atoms with Gasteiger partial charge in [0, 0.05) is 30.9 Å². The normalized spacial score (nSPS) is 23.7. The molecule has 5 rings (SSSR count). The van der Waals surface area contributed by atoms with Gasteiger partial charge in [0.15, 0.2) is 0 Å². The number of anilines is 2. The lowest BCUT2D eigenvalue weighted by Crippen LogP contribution is -2.36. The predicted octanol–water partition coefficient (Wildman–Crippen LogP) is 6.90. The lowest BCUT2D eigenvalue weighted by molar-refractivity contribution is -0.384. The van der Waals surface area contributed by atoms with Crippen LogP contribution in [-0.2, 0) is 4.57 Å². The molecule has 184 valence electrons. The summed E-state index contributed by atoms with van der Waals surface area (Å²) in [6, 6.07) is 14.2. The third-order valence-electron chi connectivity index (χ3n) is 7.05. The van der Waals surface area contributed by atoms with Crippen molar-refractivity contribution in [1.82, 2.24) is 4.90 Å². The Balaban J connectivity index is 1.70. The highest BCUT2D eigenvalue weighted by molar-refractivity contribution is 7.73. The number of nitro groups is 1. The van der Waals surface area contributed by atoms with Crippen molar-refractivity contribution in [3.63, 3.8) is 0 Å². The number of benzene rings is 2. The molecule has 2 aromatic rings. The number of nitrogens with zero attached hydrogens (tertiary/aromatic N) is 4. The molecular weight excluding hydrogens is 461 g/mol. The number of aryl methyl sites for hydroxylation is 1. The summed E-state index contributed by atoms with van der Waals surface area (Å²) in [5.41, 5.74) is 3.94. The number of piperidine rings is 1. The van der Waals surface area contributed by atoms with E-state index in [0.29, 0.717) is 5.69 Å². The van der Waals surface area contributed by atoms with Crippen molar-refractivity contribution in [3.05, 3.63) is 75.2 Å². The average molecular weight is 494 g/mol. The van der Waals surface area contributed by atoms with Crippen LogP contribution in [0.5, 0.6) is 0 Å². The maximum atomic E-state index is 15.2. The number of hydrogen-bond acceptors (Lipinski definition) is 5. The number of para-hydroxylation sites is 1. The summed E-state index contributed by atoms with van der Waals surface area (Å²) in [7, 11) is -3.52. The lowest BCUT2D eigenvalue weighted by atomic mass is 9.78. The maximum Gasteiger partial charge on any atom is 0.313 e. The molecule has 9 heteroatoms. The molecule has 1 N–H and O–H groups in total. The summed E-state index contributed by atoms with van der Waals surface area (Å²) in [4.78, 5) is 13.5. The van der Waals surface area contributed by atoms with Gasteiger partial charge in [-0.2, -0.15) is 9.88 Å². The van der Waals surface area contributed by atoms with Crippen LogP contribution < -0.4 is 9.87 Å². The minimum Gasteiger partial charge on any atom is -0.374 e. The number of allylic oxidation sites excluding steroid dienone is 2. The van der Waals surface area contributed by atoms with Crippen molar-refractivity contribution in [2.24, 2.45) is 10.5 Å². The Labute approximate surface area is 206 Å². The van der Waals surface area contributed by atoms with Crippen molar-refractivity contribution in [1.29, 1.82) is 0 Å². The van der Waals surface area contributed by atoms with E-state index in [4.69, 9.17) is 5.10 Å². The summed E-state index contributed by atoms with van der Waals surface area (Å²) < 4.78 is 16.9. The van der Waals surface area contributed by atoms with E-state index in [0.717, 1.165) is 66.7 Å². The number of hydrogen-bond donors (Lipinski definition) is 1. The van der Waals surface area contributed by atoms with Gasteiger partial charge in [0.25, 0.3) is 5.69 Å². The molecule has 0 saturated carbocycles. The number of non-ortho nitro benzene ring substituents is 1. The van der Waals surface area contributed by atoms with Crippen LogP contribution >= 0.6 is 7.44 Å². The standard InChI is InChI=1S/C26H32N5O3P/c1-19-12-13-21(31(32)33)16-22(19)28-35(34)25-23(27-30(35)20-10-6-4-7-11-20)17-26(2,3)18-24(25)29-14-8-5-9-15-29/h4,6-7,10-13,16H,5,8-9,14-15,17-18H2,1-3H3,(H,28,34). The minimum atomic E-state index is -3.52. The number of rotatable bonds is 5. The molecule has 0 radical (unpaired) electrons. The third-order valence-corrected chi connectivity index (χ3v) is 9.57. The first kappa shape index (κ1) is 23.6. The van der Waals surface area contributed by atoms with Crippen LogP contribution in [0.25, 0.3) is 0 Å². The first-order valence-corrected chi connectivity index (χ1v) is 13.9. The van der Waals surface area contributed by atoms with Gasteiger partial charge in [-0.05, 0) is 62.1 Å². The van der Waals surface area contributed by atoms with E-state index in [1.807, 2.05) is 37.3 Å². The van der Waals surface area contributed by atoms with E-state index in [1.165, 1.54) is 18.6 Å². The molecule has 3 aliphatic rings. The second-order valence-electron chi connectivity index (χ2n) is 10.5. The highest BCUT2D eigenvalue weighted by Crippen LogP contribution is 2.66. The van der Waals surface area contributed by atoms with Crippen molar-refractivity contribution in [3.8, 4) is 0 Å². The fraction of sp³-hybridized carbons (Fsp3) is 0.423. The maximum absolute atomic E-state index is 15.2. The van der Waals surface area contributed by atoms with Gasteiger partial charge >= 0.3 is 7.44 Å². The molecule has 1 aliphatic carbocycles. The Morgan fingerprint density at radius 1 is 1.06 bits per heavy atom. The van der Waals surface area contributed by atoms with Crippen molar-refractivity contribution in [2.75, 3.05) is 23.0 Å². The molecule has 8 nitrogen and oxygen atoms in total. The molecule has 1 atom stereocenters. The summed E-state index contributed by atoms with van der Waals surface area (Å²) in [5.74, 6) is 0. The third kappa shape index (κ3) is 4.36. The topological polar surface area (TPSA) is 91.1 Å². The van der Waals surface area contributed by atoms with Gasteiger partial charge in [-0.1, -0.05) is 38.1 Å². The molecule has 1 fully saturated rings. The molecule has 2 heterocycles. The van der Waals surface area contributed by atoms with E-state index in [9.17, 15) is 10.1 Å². The second kappa shape index (κ2) is 8.83. The van der Waals surface area contributed by atoms with Gasteiger partial charge in [0.1, 0.15) is 0 Å². The summed E-state index contributed by atoms with van der Waals surface area (Å²) in [6.07, 6.45) is 5.00. The predicted molar refractivity (Wildman–Crippen MR) is 141 cm³/mol. The van der Waals surface area contributed by atoms with E-state index in [2.05, 4.69) is 23.8 Å². The SMILES string of the molecule is Cc1ccc([N+](=O)[O-])cc1NP1(=O)C2=C(N3CCCCC3)CC(C)(C)CC2=NN1c1ccccc1.